The molecule has 0 spiro atoms. The second-order valence-electron chi connectivity index (χ2n) is 5.61. The molecule has 0 radical (unpaired) electrons. The lowest BCUT2D eigenvalue weighted by Crippen LogP contribution is -2.43. The van der Waals surface area contributed by atoms with Gasteiger partial charge in [-0.25, -0.2) is 0 Å². The van der Waals surface area contributed by atoms with Crippen LogP contribution in [0.5, 0.6) is 0 Å². The number of hydrogen-bond donors (Lipinski definition) is 0. The maximum atomic E-state index is 5.54. The number of ether oxygens (including phenoxy) is 2. The molecule has 2 unspecified atom stereocenters. The number of quaternary nitrogens is 1. The number of rotatable bonds is 8. The molecule has 0 saturated carbocycles. The van der Waals surface area contributed by atoms with Crippen molar-refractivity contribution in [1.82, 2.24) is 4.90 Å². The third-order valence-electron chi connectivity index (χ3n) is 2.65. The summed E-state index contributed by atoms with van der Waals surface area (Å²) in [7, 11) is 14.2. The van der Waals surface area contributed by atoms with Crippen molar-refractivity contribution in [3.63, 3.8) is 0 Å². The number of hydrogen-bond acceptors (Lipinski definition) is 3. The van der Waals surface area contributed by atoms with Crippen LogP contribution in [0.15, 0.2) is 0 Å². The van der Waals surface area contributed by atoms with Crippen LogP contribution in [-0.2, 0) is 9.47 Å². The van der Waals surface area contributed by atoms with Crippen molar-refractivity contribution in [3.8, 4) is 0 Å². The smallest absolute Gasteiger partial charge is 0.0961 e. The normalized spacial score (nSPS) is 16.5. The van der Waals surface area contributed by atoms with Crippen molar-refractivity contribution < 1.29 is 14.0 Å². The predicted octanol–water partition coefficient (Wildman–Crippen LogP) is 0.674. The molecule has 0 fully saturated rings. The average Bonchev–Trinajstić information content (AvgIpc) is 2.14. The Morgan fingerprint density at radius 3 is 1.81 bits per heavy atom. The molecule has 0 amide bonds. The average molecular weight is 233 g/mol. The molecule has 98 valence electrons. The van der Waals surface area contributed by atoms with Gasteiger partial charge in [-0.15, -0.1) is 0 Å². The summed E-state index contributed by atoms with van der Waals surface area (Å²) in [6.45, 7) is 1.98. The van der Waals surface area contributed by atoms with Crippen molar-refractivity contribution in [1.29, 1.82) is 0 Å². The zero-order valence-electron chi connectivity index (χ0n) is 12.0. The van der Waals surface area contributed by atoms with Crippen molar-refractivity contribution in [2.24, 2.45) is 0 Å². The van der Waals surface area contributed by atoms with Gasteiger partial charge in [0.1, 0.15) is 0 Å². The summed E-state index contributed by atoms with van der Waals surface area (Å²) >= 11 is 0. The lowest BCUT2D eigenvalue weighted by Gasteiger charge is -2.30. The van der Waals surface area contributed by atoms with Gasteiger partial charge in [-0.05, 0) is 14.1 Å². The maximum absolute atomic E-state index is 5.54. The summed E-state index contributed by atoms with van der Waals surface area (Å²) in [4.78, 5) is 2.13. The summed E-state index contributed by atoms with van der Waals surface area (Å²) in [5.74, 6) is 0. The van der Waals surface area contributed by atoms with E-state index in [1.54, 1.807) is 14.2 Å². The molecule has 0 aromatic heterocycles. The molecule has 0 aliphatic carbocycles. The Balaban J connectivity index is 4.22. The van der Waals surface area contributed by atoms with Crippen LogP contribution < -0.4 is 0 Å². The van der Waals surface area contributed by atoms with E-state index in [9.17, 15) is 0 Å². The van der Waals surface area contributed by atoms with Crippen molar-refractivity contribution in [2.75, 3.05) is 62.5 Å². The maximum Gasteiger partial charge on any atom is 0.0961 e. The SMILES string of the molecule is COC(CC[N+](C)(C)C)C(CN(C)C)OC. The van der Waals surface area contributed by atoms with E-state index in [2.05, 4.69) is 40.1 Å². The summed E-state index contributed by atoms with van der Waals surface area (Å²) in [6, 6.07) is 0. The summed E-state index contributed by atoms with van der Waals surface area (Å²) < 4.78 is 12.0. The van der Waals surface area contributed by atoms with Gasteiger partial charge >= 0.3 is 0 Å². The molecule has 0 aliphatic rings. The monoisotopic (exact) mass is 233 g/mol. The van der Waals surface area contributed by atoms with Gasteiger partial charge in [0.15, 0.2) is 0 Å². The number of nitrogens with zero attached hydrogens (tertiary/aromatic N) is 2. The zero-order chi connectivity index (χ0) is 12.8. The number of methoxy groups -OCH3 is 2. The van der Waals surface area contributed by atoms with E-state index in [0.29, 0.717) is 0 Å². The molecular weight excluding hydrogens is 204 g/mol. The first-order valence-electron chi connectivity index (χ1n) is 5.81. The predicted molar refractivity (Wildman–Crippen MR) is 67.7 cm³/mol. The minimum absolute atomic E-state index is 0.145. The molecule has 0 aromatic rings. The van der Waals surface area contributed by atoms with Crippen LogP contribution in [0.4, 0.5) is 0 Å². The van der Waals surface area contributed by atoms with Crippen molar-refractivity contribution >= 4 is 0 Å². The van der Waals surface area contributed by atoms with E-state index >= 15 is 0 Å². The van der Waals surface area contributed by atoms with E-state index in [-0.39, 0.29) is 12.2 Å². The quantitative estimate of drug-likeness (QED) is 0.575. The summed E-state index contributed by atoms with van der Waals surface area (Å²) in [6.07, 6.45) is 1.34. The second kappa shape index (κ2) is 7.22. The van der Waals surface area contributed by atoms with Gasteiger partial charge in [-0.3, -0.25) is 0 Å². The first kappa shape index (κ1) is 15.8. The molecule has 4 nitrogen and oxygen atoms in total. The van der Waals surface area contributed by atoms with Gasteiger partial charge in [0, 0.05) is 27.2 Å². The van der Waals surface area contributed by atoms with Crippen molar-refractivity contribution in [3.05, 3.63) is 0 Å². The molecule has 0 bridgehead atoms. The van der Waals surface area contributed by atoms with E-state index in [0.717, 1.165) is 24.0 Å². The zero-order valence-corrected chi connectivity index (χ0v) is 12.0. The van der Waals surface area contributed by atoms with Crippen LogP contribution in [0.3, 0.4) is 0 Å². The Labute approximate surface area is 101 Å². The summed E-state index contributed by atoms with van der Waals surface area (Å²) in [5.41, 5.74) is 0. The fourth-order valence-electron chi connectivity index (χ4n) is 1.67. The lowest BCUT2D eigenvalue weighted by atomic mass is 10.1. The van der Waals surface area contributed by atoms with Crippen LogP contribution >= 0.6 is 0 Å². The van der Waals surface area contributed by atoms with Gasteiger partial charge in [0.2, 0.25) is 0 Å². The molecule has 0 saturated heterocycles. The molecule has 4 heteroatoms. The molecule has 0 rings (SSSR count). The molecule has 16 heavy (non-hydrogen) atoms. The largest absolute Gasteiger partial charge is 0.378 e. The van der Waals surface area contributed by atoms with Gasteiger partial charge in [-0.1, -0.05) is 0 Å². The van der Waals surface area contributed by atoms with E-state index < -0.39 is 0 Å². The Kier molecular flexibility index (Phi) is 7.15. The summed E-state index contributed by atoms with van der Waals surface area (Å²) in [5, 5.41) is 0. The fraction of sp³-hybridized carbons (Fsp3) is 1.00. The molecular formula is C12H29N2O2+. The van der Waals surface area contributed by atoms with Crippen molar-refractivity contribution in [2.45, 2.75) is 18.6 Å². The van der Waals surface area contributed by atoms with Crippen LogP contribution in [0.25, 0.3) is 0 Å². The van der Waals surface area contributed by atoms with E-state index in [4.69, 9.17) is 9.47 Å². The standard InChI is InChI=1S/C12H29N2O2/c1-13(2)10-12(16-7)11(15-6)8-9-14(3,4)5/h11-12H,8-10H2,1-7H3/q+1. The highest BCUT2D eigenvalue weighted by Crippen LogP contribution is 2.10. The molecule has 2 atom stereocenters. The van der Waals surface area contributed by atoms with Crippen LogP contribution in [0.1, 0.15) is 6.42 Å². The van der Waals surface area contributed by atoms with Crippen LogP contribution in [-0.4, -0.2) is 84.1 Å². The molecule has 0 N–H and O–H groups in total. The highest BCUT2D eigenvalue weighted by atomic mass is 16.5. The Hall–Kier alpha value is -0.160. The first-order chi connectivity index (χ1) is 7.30. The van der Waals surface area contributed by atoms with E-state index in [1.165, 1.54) is 0 Å². The van der Waals surface area contributed by atoms with Gasteiger partial charge in [0.05, 0.1) is 39.9 Å². The van der Waals surface area contributed by atoms with Gasteiger partial charge < -0.3 is 18.9 Å². The van der Waals surface area contributed by atoms with Gasteiger partial charge in [0.25, 0.3) is 0 Å². The molecule has 0 aromatic carbocycles. The molecule has 0 heterocycles. The third kappa shape index (κ3) is 7.17. The minimum Gasteiger partial charge on any atom is -0.378 e. The highest BCUT2D eigenvalue weighted by Gasteiger charge is 2.23. The second-order valence-corrected chi connectivity index (χ2v) is 5.61. The number of likely N-dealkylation sites (N-methyl/N-ethyl adjacent to an activating group) is 1. The van der Waals surface area contributed by atoms with E-state index in [1.807, 2.05) is 0 Å². The Bertz CT molecular complexity index is 178. The molecule has 0 aliphatic heterocycles. The first-order valence-corrected chi connectivity index (χ1v) is 5.81. The fourth-order valence-corrected chi connectivity index (χ4v) is 1.67. The minimum atomic E-state index is 0.145. The third-order valence-corrected chi connectivity index (χ3v) is 2.65. The van der Waals surface area contributed by atoms with Crippen LogP contribution in [0, 0.1) is 0 Å². The Morgan fingerprint density at radius 2 is 1.50 bits per heavy atom. The van der Waals surface area contributed by atoms with Gasteiger partial charge in [-0.2, -0.15) is 0 Å². The Morgan fingerprint density at radius 1 is 1.00 bits per heavy atom. The lowest BCUT2D eigenvalue weighted by molar-refractivity contribution is -0.871. The van der Waals surface area contributed by atoms with Crippen LogP contribution in [0.2, 0.25) is 0 Å². The highest BCUT2D eigenvalue weighted by molar-refractivity contribution is 4.72. The topological polar surface area (TPSA) is 21.7 Å².